The first-order valence-electron chi connectivity index (χ1n) is 8.69. The third kappa shape index (κ3) is 6.12. The van der Waals surface area contributed by atoms with Gasteiger partial charge in [-0.15, -0.1) is 0 Å². The highest BCUT2D eigenvalue weighted by Crippen LogP contribution is 2.22. The Morgan fingerprint density at radius 1 is 1.18 bits per heavy atom. The maximum absolute atomic E-state index is 11.9. The molecule has 0 aromatic heterocycles. The summed E-state index contributed by atoms with van der Waals surface area (Å²) in [4.78, 5) is 4.41. The van der Waals surface area contributed by atoms with E-state index in [1.54, 1.807) is 38.4 Å². The molecule has 0 spiro atoms. The van der Waals surface area contributed by atoms with Gasteiger partial charge in [0.15, 0.2) is 5.96 Å². The molecule has 2 aromatic carbocycles. The Morgan fingerprint density at radius 3 is 2.61 bits per heavy atom. The highest BCUT2D eigenvalue weighted by molar-refractivity contribution is 7.89. The smallest absolute Gasteiger partial charge is 0.240 e. The van der Waals surface area contributed by atoms with Crippen LogP contribution in [-0.4, -0.2) is 42.1 Å². The fourth-order valence-corrected chi connectivity index (χ4v) is 3.59. The number of methoxy groups -OCH3 is 1. The summed E-state index contributed by atoms with van der Waals surface area (Å²) in [6.45, 7) is 1.08. The minimum Gasteiger partial charge on any atom is -0.497 e. The SMILES string of the molecule is CN=C(NCCc1ccc(OC)cc1Cl)NCc1cccc(S(=O)(=O)NC)c1. The number of hydrogen-bond acceptors (Lipinski definition) is 4. The van der Waals surface area contributed by atoms with Crippen molar-refractivity contribution in [1.82, 2.24) is 15.4 Å². The van der Waals surface area contributed by atoms with Gasteiger partial charge in [0, 0.05) is 25.2 Å². The predicted octanol–water partition coefficient (Wildman–Crippen LogP) is 2.16. The summed E-state index contributed by atoms with van der Waals surface area (Å²) in [5.74, 6) is 1.34. The van der Waals surface area contributed by atoms with Crippen LogP contribution in [0, 0.1) is 0 Å². The number of sulfonamides is 1. The van der Waals surface area contributed by atoms with Gasteiger partial charge in [-0.2, -0.15) is 0 Å². The summed E-state index contributed by atoms with van der Waals surface area (Å²) in [7, 11) is 1.21. The molecule has 0 amide bonds. The summed E-state index contributed by atoms with van der Waals surface area (Å²) in [6.07, 6.45) is 0.722. The van der Waals surface area contributed by atoms with Crippen LogP contribution in [0.25, 0.3) is 0 Å². The van der Waals surface area contributed by atoms with Gasteiger partial charge in [0.2, 0.25) is 10.0 Å². The van der Waals surface area contributed by atoms with Gasteiger partial charge in [0.1, 0.15) is 5.75 Å². The molecule has 0 atom stereocenters. The van der Waals surface area contributed by atoms with Gasteiger partial charge in [-0.1, -0.05) is 29.8 Å². The predicted molar refractivity (Wildman–Crippen MR) is 113 cm³/mol. The summed E-state index contributed by atoms with van der Waals surface area (Å²) >= 11 is 6.25. The summed E-state index contributed by atoms with van der Waals surface area (Å²) in [5.41, 5.74) is 1.84. The summed E-state index contributed by atoms with van der Waals surface area (Å²) in [5, 5.41) is 7.05. The minimum atomic E-state index is -3.46. The second-order valence-electron chi connectivity index (χ2n) is 5.91. The molecule has 0 fully saturated rings. The fraction of sp³-hybridized carbons (Fsp3) is 0.316. The van der Waals surface area contributed by atoms with Gasteiger partial charge < -0.3 is 15.4 Å². The maximum Gasteiger partial charge on any atom is 0.240 e. The lowest BCUT2D eigenvalue weighted by atomic mass is 10.1. The lowest BCUT2D eigenvalue weighted by molar-refractivity contribution is 0.414. The zero-order valence-corrected chi connectivity index (χ0v) is 17.7. The molecule has 0 heterocycles. The van der Waals surface area contributed by atoms with Crippen molar-refractivity contribution >= 4 is 27.6 Å². The van der Waals surface area contributed by atoms with Crippen LogP contribution in [0.4, 0.5) is 0 Å². The van der Waals surface area contributed by atoms with Crippen molar-refractivity contribution in [3.05, 3.63) is 58.6 Å². The largest absolute Gasteiger partial charge is 0.497 e. The monoisotopic (exact) mass is 424 g/mol. The van der Waals surface area contributed by atoms with Gasteiger partial charge in [-0.05, 0) is 48.9 Å². The van der Waals surface area contributed by atoms with Crippen LogP contribution in [0.2, 0.25) is 5.02 Å². The van der Waals surface area contributed by atoms with Crippen molar-refractivity contribution in [2.24, 2.45) is 4.99 Å². The maximum atomic E-state index is 11.9. The molecule has 0 unspecified atom stereocenters. The Kier molecular flexibility index (Phi) is 8.10. The number of halogens is 1. The Balaban J connectivity index is 1.89. The number of nitrogens with zero attached hydrogens (tertiary/aromatic N) is 1. The lowest BCUT2D eigenvalue weighted by Crippen LogP contribution is -2.37. The molecule has 3 N–H and O–H groups in total. The molecule has 28 heavy (non-hydrogen) atoms. The van der Waals surface area contributed by atoms with Crippen molar-refractivity contribution in [3.63, 3.8) is 0 Å². The van der Waals surface area contributed by atoms with Crippen molar-refractivity contribution in [1.29, 1.82) is 0 Å². The third-order valence-corrected chi connectivity index (χ3v) is 5.87. The minimum absolute atomic E-state index is 0.228. The first kappa shape index (κ1) is 22.0. The van der Waals surface area contributed by atoms with Crippen molar-refractivity contribution in [3.8, 4) is 5.75 Å². The number of nitrogens with one attached hydrogen (secondary N) is 3. The summed E-state index contributed by atoms with van der Waals surface area (Å²) in [6, 6.07) is 12.4. The number of ether oxygens (including phenoxy) is 1. The van der Waals surface area contributed by atoms with Crippen molar-refractivity contribution in [2.45, 2.75) is 17.9 Å². The molecule has 7 nitrogen and oxygen atoms in total. The van der Waals surface area contributed by atoms with Crippen LogP contribution in [0.1, 0.15) is 11.1 Å². The molecule has 152 valence electrons. The standard InChI is InChI=1S/C19H25ClN4O3S/c1-21-19(23-10-9-15-7-8-16(27-3)12-18(15)20)24-13-14-5-4-6-17(11-14)28(25,26)22-2/h4-8,11-12,22H,9-10,13H2,1-3H3,(H2,21,23,24). The van der Waals surface area contributed by atoms with Gasteiger partial charge in [0.25, 0.3) is 0 Å². The molecule has 0 radical (unpaired) electrons. The Labute approximate surface area is 171 Å². The molecule has 2 aromatic rings. The van der Waals surface area contributed by atoms with Crippen LogP contribution in [0.5, 0.6) is 5.75 Å². The van der Waals surface area contributed by atoms with Gasteiger partial charge in [0.05, 0.1) is 12.0 Å². The zero-order chi connectivity index (χ0) is 20.6. The normalized spacial score (nSPS) is 11.9. The van der Waals surface area contributed by atoms with E-state index in [9.17, 15) is 8.42 Å². The molecule has 0 aliphatic heterocycles. The third-order valence-electron chi connectivity index (χ3n) is 4.11. The molecule has 0 bridgehead atoms. The topological polar surface area (TPSA) is 91.8 Å². The quantitative estimate of drug-likeness (QED) is 0.446. The van der Waals surface area contributed by atoms with Crippen LogP contribution >= 0.6 is 11.6 Å². The molecular formula is C19H25ClN4O3S. The second kappa shape index (κ2) is 10.3. The Hall–Kier alpha value is -2.29. The highest BCUT2D eigenvalue weighted by atomic mass is 35.5. The number of rotatable bonds is 8. The van der Waals surface area contributed by atoms with Crippen LogP contribution in [-0.2, 0) is 23.0 Å². The first-order chi connectivity index (χ1) is 13.4. The van der Waals surface area contributed by atoms with E-state index >= 15 is 0 Å². The van der Waals surface area contributed by atoms with E-state index in [2.05, 4.69) is 20.3 Å². The van der Waals surface area contributed by atoms with Gasteiger partial charge in [-0.3, -0.25) is 4.99 Å². The van der Waals surface area contributed by atoms with Crippen LogP contribution in [0.3, 0.4) is 0 Å². The number of aliphatic imine (C=N–C) groups is 1. The van der Waals surface area contributed by atoms with Gasteiger partial charge >= 0.3 is 0 Å². The molecule has 2 rings (SSSR count). The summed E-state index contributed by atoms with van der Waals surface area (Å²) < 4.78 is 31.3. The van der Waals surface area contributed by atoms with E-state index in [1.807, 2.05) is 18.2 Å². The average Bonchev–Trinajstić information content (AvgIpc) is 2.71. The van der Waals surface area contributed by atoms with Crippen LogP contribution in [0.15, 0.2) is 52.4 Å². The number of hydrogen-bond donors (Lipinski definition) is 3. The molecule has 0 saturated carbocycles. The van der Waals surface area contributed by atoms with Crippen LogP contribution < -0.4 is 20.1 Å². The van der Waals surface area contributed by atoms with E-state index in [4.69, 9.17) is 16.3 Å². The first-order valence-corrected chi connectivity index (χ1v) is 10.5. The Morgan fingerprint density at radius 2 is 1.96 bits per heavy atom. The molecule has 0 aliphatic carbocycles. The zero-order valence-electron chi connectivity index (χ0n) is 16.1. The lowest BCUT2D eigenvalue weighted by Gasteiger charge is -2.13. The van der Waals surface area contributed by atoms with E-state index < -0.39 is 10.0 Å². The van der Waals surface area contributed by atoms with E-state index in [-0.39, 0.29) is 4.90 Å². The van der Waals surface area contributed by atoms with E-state index in [0.29, 0.717) is 24.1 Å². The molecular weight excluding hydrogens is 400 g/mol. The van der Waals surface area contributed by atoms with Crippen molar-refractivity contribution < 1.29 is 13.2 Å². The average molecular weight is 425 g/mol. The van der Waals surface area contributed by atoms with E-state index in [0.717, 1.165) is 23.3 Å². The fourth-order valence-electron chi connectivity index (χ4n) is 2.52. The highest BCUT2D eigenvalue weighted by Gasteiger charge is 2.11. The number of guanidine groups is 1. The molecule has 0 aliphatic rings. The molecule has 9 heteroatoms. The second-order valence-corrected chi connectivity index (χ2v) is 8.21. The van der Waals surface area contributed by atoms with E-state index in [1.165, 1.54) is 7.05 Å². The number of benzene rings is 2. The molecule has 0 saturated heterocycles. The van der Waals surface area contributed by atoms with Gasteiger partial charge in [-0.25, -0.2) is 13.1 Å². The van der Waals surface area contributed by atoms with Crippen molar-refractivity contribution in [2.75, 3.05) is 27.7 Å². The Bertz CT molecular complexity index is 933.